The van der Waals surface area contributed by atoms with E-state index in [2.05, 4.69) is 21.5 Å². The van der Waals surface area contributed by atoms with Crippen LogP contribution in [-0.4, -0.2) is 78.3 Å². The molecule has 3 heterocycles. The molecule has 1 N–H and O–H groups in total. The largest absolute Gasteiger partial charge is 0.419 e. The van der Waals surface area contributed by atoms with Gasteiger partial charge in [-0.05, 0) is 24.1 Å². The Balaban J connectivity index is 1.12. The molecule has 1 fully saturated rings. The zero-order chi connectivity index (χ0) is 27.7. The van der Waals surface area contributed by atoms with E-state index in [0.717, 1.165) is 29.2 Å². The van der Waals surface area contributed by atoms with E-state index in [1.54, 1.807) is 9.80 Å². The van der Waals surface area contributed by atoms with Gasteiger partial charge in [-0.2, -0.15) is 13.2 Å². The van der Waals surface area contributed by atoms with E-state index in [0.29, 0.717) is 59.2 Å². The van der Waals surface area contributed by atoms with Gasteiger partial charge in [-0.1, -0.05) is 30.3 Å². The van der Waals surface area contributed by atoms with Crippen LogP contribution in [0.15, 0.2) is 66.3 Å². The summed E-state index contributed by atoms with van der Waals surface area (Å²) in [6.07, 6.45) is 1.34. The maximum absolute atomic E-state index is 12.7. The Kier molecular flexibility index (Phi) is 9.77. The van der Waals surface area contributed by atoms with Crippen molar-refractivity contribution >= 4 is 11.9 Å². The zero-order valence-corrected chi connectivity index (χ0v) is 21.9. The molecule has 39 heavy (non-hydrogen) atoms. The standard InChI is InChI=1S/C27H33F3N6O3/c1-21-15-24(20-39-19-22-5-3-2-4-6-22)36(33-16-21)12-14-38-13-7-25(37)34-8-10-35(11-9-34)26-31-17-23(18-32-26)27(28,29)30/h2-6,15-18,33H,7-14,19-20H2,1H3. The number of nitrogens with one attached hydrogen (secondary N) is 1. The average molecular weight is 547 g/mol. The number of hydrogen-bond acceptors (Lipinski definition) is 8. The molecule has 0 unspecified atom stereocenters. The molecule has 2 aliphatic heterocycles. The van der Waals surface area contributed by atoms with Crippen molar-refractivity contribution in [3.8, 4) is 0 Å². The first-order valence-corrected chi connectivity index (χ1v) is 12.8. The number of piperazine rings is 1. The van der Waals surface area contributed by atoms with E-state index < -0.39 is 11.7 Å². The van der Waals surface area contributed by atoms with E-state index in [4.69, 9.17) is 9.47 Å². The summed E-state index contributed by atoms with van der Waals surface area (Å²) in [5.41, 5.74) is 5.57. The number of allylic oxidation sites excluding steroid dienone is 2. The van der Waals surface area contributed by atoms with Crippen LogP contribution >= 0.6 is 0 Å². The highest BCUT2D eigenvalue weighted by molar-refractivity contribution is 5.76. The number of hydrazine groups is 1. The Hall–Kier alpha value is -3.64. The van der Waals surface area contributed by atoms with Crippen LogP contribution in [0.3, 0.4) is 0 Å². The SMILES string of the molecule is CC1=CNN(CCOCCC(=O)N2CCN(c3ncc(C(F)(F)F)cn3)CC2)C(COCc2ccccc2)=C1. The molecular formula is C27H33F3N6O3. The summed E-state index contributed by atoms with van der Waals surface area (Å²) in [6, 6.07) is 10.0. The number of aromatic nitrogens is 2. The smallest absolute Gasteiger partial charge is 0.379 e. The summed E-state index contributed by atoms with van der Waals surface area (Å²) >= 11 is 0. The number of benzene rings is 1. The maximum Gasteiger partial charge on any atom is 0.419 e. The van der Waals surface area contributed by atoms with Crippen molar-refractivity contribution < 1.29 is 27.4 Å². The van der Waals surface area contributed by atoms with E-state index in [1.165, 1.54) is 0 Å². The minimum atomic E-state index is -4.47. The number of anilines is 1. The molecule has 2 aliphatic rings. The Bertz CT molecular complexity index is 1130. The lowest BCUT2D eigenvalue weighted by atomic mass is 10.2. The summed E-state index contributed by atoms with van der Waals surface area (Å²) in [4.78, 5) is 23.8. The molecule has 1 amide bonds. The molecule has 9 nitrogen and oxygen atoms in total. The van der Waals surface area contributed by atoms with Crippen molar-refractivity contribution in [1.82, 2.24) is 25.3 Å². The number of alkyl halides is 3. The van der Waals surface area contributed by atoms with E-state index >= 15 is 0 Å². The quantitative estimate of drug-likeness (QED) is 0.430. The fourth-order valence-corrected chi connectivity index (χ4v) is 4.18. The molecule has 2 aromatic rings. The van der Waals surface area contributed by atoms with Crippen LogP contribution in [0, 0.1) is 0 Å². The fourth-order valence-electron chi connectivity index (χ4n) is 4.18. The maximum atomic E-state index is 12.7. The van der Waals surface area contributed by atoms with Gasteiger partial charge >= 0.3 is 6.18 Å². The molecule has 12 heteroatoms. The molecule has 0 spiro atoms. The van der Waals surface area contributed by atoms with E-state index in [1.807, 2.05) is 48.5 Å². The summed E-state index contributed by atoms with van der Waals surface area (Å²) in [5, 5.41) is 1.97. The summed E-state index contributed by atoms with van der Waals surface area (Å²) in [7, 11) is 0. The van der Waals surface area contributed by atoms with Crippen molar-refractivity contribution in [2.24, 2.45) is 0 Å². The highest BCUT2D eigenvalue weighted by atomic mass is 19.4. The molecule has 0 aliphatic carbocycles. The number of carbonyl (C=O) groups excluding carboxylic acids is 1. The molecule has 4 rings (SSSR count). The second-order valence-electron chi connectivity index (χ2n) is 9.28. The number of amides is 1. The minimum Gasteiger partial charge on any atom is -0.379 e. The number of nitrogens with zero attached hydrogens (tertiary/aromatic N) is 5. The second kappa shape index (κ2) is 13.4. The Labute approximate surface area is 225 Å². The minimum absolute atomic E-state index is 0.0208. The summed E-state index contributed by atoms with van der Waals surface area (Å²) < 4.78 is 49.8. The average Bonchev–Trinajstić information content (AvgIpc) is 2.94. The normalized spacial score (nSPS) is 16.1. The Morgan fingerprint density at radius 1 is 1.00 bits per heavy atom. The van der Waals surface area contributed by atoms with Gasteiger partial charge in [-0.3, -0.25) is 9.80 Å². The van der Waals surface area contributed by atoms with Gasteiger partial charge in [0.15, 0.2) is 0 Å². The first kappa shape index (κ1) is 28.4. The fraction of sp³-hybridized carbons (Fsp3) is 0.444. The Morgan fingerprint density at radius 2 is 1.72 bits per heavy atom. The predicted octanol–water partition coefficient (Wildman–Crippen LogP) is 3.38. The third-order valence-electron chi connectivity index (χ3n) is 6.35. The summed E-state index contributed by atoms with van der Waals surface area (Å²) in [5.74, 6) is 0.209. The number of halogens is 3. The van der Waals surface area contributed by atoms with Gasteiger partial charge in [0.1, 0.15) is 0 Å². The number of carbonyl (C=O) groups is 1. The van der Waals surface area contributed by atoms with Gasteiger partial charge in [0.2, 0.25) is 11.9 Å². The third kappa shape index (κ3) is 8.42. The van der Waals surface area contributed by atoms with Gasteiger partial charge in [0, 0.05) is 44.8 Å². The molecule has 210 valence electrons. The van der Waals surface area contributed by atoms with Crippen molar-refractivity contribution in [1.29, 1.82) is 0 Å². The predicted molar refractivity (Wildman–Crippen MR) is 139 cm³/mol. The Morgan fingerprint density at radius 3 is 2.41 bits per heavy atom. The highest BCUT2D eigenvalue weighted by Gasteiger charge is 2.32. The van der Waals surface area contributed by atoms with Gasteiger partial charge in [0.05, 0.1) is 50.7 Å². The van der Waals surface area contributed by atoms with Crippen LogP contribution in [0.2, 0.25) is 0 Å². The highest BCUT2D eigenvalue weighted by Crippen LogP contribution is 2.28. The first-order valence-electron chi connectivity index (χ1n) is 12.8. The van der Waals surface area contributed by atoms with Crippen LogP contribution < -0.4 is 10.3 Å². The van der Waals surface area contributed by atoms with Crippen LogP contribution in [-0.2, 0) is 27.1 Å². The molecule has 1 aromatic heterocycles. The number of ether oxygens (including phenoxy) is 2. The topological polar surface area (TPSA) is 83.1 Å². The first-order chi connectivity index (χ1) is 18.8. The third-order valence-corrected chi connectivity index (χ3v) is 6.35. The van der Waals surface area contributed by atoms with E-state index in [9.17, 15) is 18.0 Å². The van der Waals surface area contributed by atoms with Crippen molar-refractivity contribution in [2.45, 2.75) is 26.1 Å². The van der Waals surface area contributed by atoms with Gasteiger partial charge in [-0.25, -0.2) is 9.97 Å². The molecule has 1 saturated heterocycles. The lowest BCUT2D eigenvalue weighted by Gasteiger charge is -2.34. The van der Waals surface area contributed by atoms with E-state index in [-0.39, 0.29) is 18.3 Å². The molecule has 1 aromatic carbocycles. The lowest BCUT2D eigenvalue weighted by molar-refractivity contribution is -0.138. The zero-order valence-electron chi connectivity index (χ0n) is 21.9. The lowest BCUT2D eigenvalue weighted by Crippen LogP contribution is -2.49. The second-order valence-corrected chi connectivity index (χ2v) is 9.28. The molecule has 0 atom stereocenters. The summed E-state index contributed by atoms with van der Waals surface area (Å²) in [6.45, 7) is 6.11. The van der Waals surface area contributed by atoms with Gasteiger partial charge in [0.25, 0.3) is 0 Å². The molecule has 0 bridgehead atoms. The van der Waals surface area contributed by atoms with Crippen molar-refractivity contribution in [2.75, 3.05) is 57.4 Å². The van der Waals surface area contributed by atoms with Gasteiger partial charge < -0.3 is 24.7 Å². The van der Waals surface area contributed by atoms with Crippen LogP contribution in [0.1, 0.15) is 24.5 Å². The molecular weight excluding hydrogens is 513 g/mol. The molecule has 0 saturated carbocycles. The van der Waals surface area contributed by atoms with Gasteiger partial charge in [-0.15, -0.1) is 0 Å². The number of rotatable bonds is 11. The molecule has 0 radical (unpaired) electrons. The van der Waals surface area contributed by atoms with Crippen molar-refractivity contribution in [3.05, 3.63) is 77.4 Å². The van der Waals surface area contributed by atoms with Crippen molar-refractivity contribution in [3.63, 3.8) is 0 Å². The monoisotopic (exact) mass is 546 g/mol. The number of hydrogen-bond donors (Lipinski definition) is 1. The van der Waals surface area contributed by atoms with Crippen LogP contribution in [0.4, 0.5) is 19.1 Å². The van der Waals surface area contributed by atoms with Crippen LogP contribution in [0.5, 0.6) is 0 Å². The van der Waals surface area contributed by atoms with Crippen LogP contribution in [0.25, 0.3) is 0 Å².